The van der Waals surface area contributed by atoms with Crippen LogP contribution in [-0.2, 0) is 6.54 Å². The van der Waals surface area contributed by atoms with E-state index in [1.165, 1.54) is 0 Å². The molecular weight excluding hydrogens is 366 g/mol. The van der Waals surface area contributed by atoms with Crippen LogP contribution in [0, 0.1) is 0 Å². The van der Waals surface area contributed by atoms with Crippen molar-refractivity contribution in [1.29, 1.82) is 0 Å². The van der Waals surface area contributed by atoms with Crippen molar-refractivity contribution < 1.29 is 9.26 Å². The second kappa shape index (κ2) is 10.2. The third-order valence-corrected chi connectivity index (χ3v) is 5.09. The molecule has 1 atom stereocenters. The summed E-state index contributed by atoms with van der Waals surface area (Å²) in [7, 11) is 1.72. The summed E-state index contributed by atoms with van der Waals surface area (Å²) in [6.45, 7) is 9.50. The Balaban J connectivity index is 1.64. The van der Waals surface area contributed by atoms with Gasteiger partial charge >= 0.3 is 0 Å². The molecule has 0 radical (unpaired) electrons. The predicted molar refractivity (Wildman–Crippen MR) is 117 cm³/mol. The van der Waals surface area contributed by atoms with Gasteiger partial charge in [0.05, 0.1) is 18.5 Å². The largest absolute Gasteiger partial charge is 0.495 e. The van der Waals surface area contributed by atoms with Gasteiger partial charge < -0.3 is 24.8 Å². The highest BCUT2D eigenvalue weighted by Crippen LogP contribution is 2.29. The van der Waals surface area contributed by atoms with Crippen molar-refractivity contribution in [3.63, 3.8) is 0 Å². The molecule has 1 aromatic heterocycles. The quantitative estimate of drug-likeness (QED) is 0.548. The van der Waals surface area contributed by atoms with Gasteiger partial charge in [-0.05, 0) is 37.8 Å². The molecule has 2 N–H and O–H groups in total. The Kier molecular flexibility index (Phi) is 7.38. The molecule has 1 aliphatic heterocycles. The molecule has 0 aliphatic carbocycles. The number of nitrogens with one attached hydrogen (secondary N) is 2. The Hall–Kier alpha value is -2.70. The topological polar surface area (TPSA) is 74.9 Å². The highest BCUT2D eigenvalue weighted by atomic mass is 16.5. The van der Waals surface area contributed by atoms with E-state index in [0.29, 0.717) is 18.5 Å². The molecule has 158 valence electrons. The first-order chi connectivity index (χ1) is 14.1. The van der Waals surface area contributed by atoms with E-state index < -0.39 is 0 Å². The van der Waals surface area contributed by atoms with Crippen LogP contribution in [0.3, 0.4) is 0 Å². The van der Waals surface area contributed by atoms with Crippen LogP contribution in [0.4, 0.5) is 5.69 Å². The van der Waals surface area contributed by atoms with Crippen LogP contribution in [0.25, 0.3) is 0 Å². The third-order valence-electron chi connectivity index (χ3n) is 5.09. The molecule has 2 aromatic rings. The van der Waals surface area contributed by atoms with Gasteiger partial charge in [-0.1, -0.05) is 31.1 Å². The molecule has 0 amide bonds. The average molecular weight is 400 g/mol. The number of aliphatic imine (C=N–C) groups is 1. The fourth-order valence-electron chi connectivity index (χ4n) is 3.55. The van der Waals surface area contributed by atoms with Crippen molar-refractivity contribution in [3.8, 4) is 5.75 Å². The SMILES string of the molecule is CCNC(=NCc1cc(C(C)C)no1)NC1CCCN(c2ccccc2OC)C1. The Bertz CT molecular complexity index is 802. The lowest BCUT2D eigenvalue weighted by Gasteiger charge is -2.36. The van der Waals surface area contributed by atoms with Gasteiger partial charge in [0.2, 0.25) is 0 Å². The number of rotatable bonds is 7. The molecule has 1 aromatic carbocycles. The number of benzene rings is 1. The van der Waals surface area contributed by atoms with Gasteiger partial charge in [-0.3, -0.25) is 0 Å². The molecule has 0 saturated carbocycles. The van der Waals surface area contributed by atoms with Crippen LogP contribution < -0.4 is 20.3 Å². The minimum Gasteiger partial charge on any atom is -0.495 e. The van der Waals surface area contributed by atoms with Crippen LogP contribution in [0.15, 0.2) is 39.8 Å². The normalized spacial score (nSPS) is 17.5. The maximum absolute atomic E-state index is 5.55. The van der Waals surface area contributed by atoms with Gasteiger partial charge in [0.15, 0.2) is 11.7 Å². The summed E-state index contributed by atoms with van der Waals surface area (Å²) in [6, 6.07) is 10.5. The van der Waals surface area contributed by atoms with Gasteiger partial charge in [-0.15, -0.1) is 0 Å². The molecule has 1 unspecified atom stereocenters. The number of ether oxygens (including phenoxy) is 1. The molecule has 1 saturated heterocycles. The number of anilines is 1. The number of hydrogen-bond donors (Lipinski definition) is 2. The summed E-state index contributed by atoms with van der Waals surface area (Å²) in [4.78, 5) is 7.08. The van der Waals surface area contributed by atoms with E-state index in [4.69, 9.17) is 14.3 Å². The first kappa shape index (κ1) is 21.0. The van der Waals surface area contributed by atoms with Crippen LogP contribution in [-0.4, -0.2) is 43.9 Å². The van der Waals surface area contributed by atoms with Crippen LogP contribution in [0.2, 0.25) is 0 Å². The molecular formula is C22H33N5O2. The molecule has 7 nitrogen and oxygen atoms in total. The Labute approximate surface area is 173 Å². The van der Waals surface area contributed by atoms with Crippen LogP contribution in [0.1, 0.15) is 51.0 Å². The van der Waals surface area contributed by atoms with Crippen molar-refractivity contribution in [3.05, 3.63) is 41.8 Å². The third kappa shape index (κ3) is 5.65. The maximum Gasteiger partial charge on any atom is 0.191 e. The summed E-state index contributed by atoms with van der Waals surface area (Å²) in [5, 5.41) is 11.0. The molecule has 0 bridgehead atoms. The molecule has 2 heterocycles. The van der Waals surface area contributed by atoms with E-state index in [2.05, 4.69) is 53.6 Å². The maximum atomic E-state index is 5.55. The minimum absolute atomic E-state index is 0.312. The zero-order valence-electron chi connectivity index (χ0n) is 17.9. The van der Waals surface area contributed by atoms with E-state index in [1.54, 1.807) is 7.11 Å². The minimum atomic E-state index is 0.312. The first-order valence-electron chi connectivity index (χ1n) is 10.5. The summed E-state index contributed by atoms with van der Waals surface area (Å²) >= 11 is 0. The summed E-state index contributed by atoms with van der Waals surface area (Å²) in [6.07, 6.45) is 2.23. The van der Waals surface area contributed by atoms with Crippen molar-refractivity contribution in [1.82, 2.24) is 15.8 Å². The number of para-hydroxylation sites is 2. The Morgan fingerprint density at radius 1 is 1.38 bits per heavy atom. The number of methoxy groups -OCH3 is 1. The van der Waals surface area contributed by atoms with Gasteiger partial charge in [0.25, 0.3) is 0 Å². The number of guanidine groups is 1. The van der Waals surface area contributed by atoms with Crippen molar-refractivity contribution in [2.24, 2.45) is 4.99 Å². The van der Waals surface area contributed by atoms with E-state index in [0.717, 1.165) is 61.3 Å². The number of piperidine rings is 1. The molecule has 29 heavy (non-hydrogen) atoms. The van der Waals surface area contributed by atoms with E-state index in [-0.39, 0.29) is 0 Å². The van der Waals surface area contributed by atoms with Crippen molar-refractivity contribution in [2.75, 3.05) is 31.6 Å². The fraction of sp³-hybridized carbons (Fsp3) is 0.545. The molecule has 7 heteroatoms. The van der Waals surface area contributed by atoms with E-state index >= 15 is 0 Å². The van der Waals surface area contributed by atoms with Crippen LogP contribution >= 0.6 is 0 Å². The van der Waals surface area contributed by atoms with E-state index in [1.807, 2.05) is 18.2 Å². The van der Waals surface area contributed by atoms with Gasteiger partial charge in [-0.2, -0.15) is 0 Å². The van der Waals surface area contributed by atoms with Gasteiger partial charge in [0, 0.05) is 31.7 Å². The number of nitrogens with zero attached hydrogens (tertiary/aromatic N) is 3. The smallest absolute Gasteiger partial charge is 0.191 e. The number of hydrogen-bond acceptors (Lipinski definition) is 5. The fourth-order valence-corrected chi connectivity index (χ4v) is 3.55. The van der Waals surface area contributed by atoms with E-state index in [9.17, 15) is 0 Å². The lowest BCUT2D eigenvalue weighted by molar-refractivity contribution is 0.376. The standard InChI is InChI=1S/C22H33N5O2/c1-5-23-22(24-14-18-13-19(16(2)3)26-29-18)25-17-9-8-12-27(15-17)20-10-6-7-11-21(20)28-4/h6-7,10-11,13,16-17H,5,8-9,12,14-15H2,1-4H3,(H2,23,24,25). The molecule has 3 rings (SSSR count). The molecule has 0 spiro atoms. The summed E-state index contributed by atoms with van der Waals surface area (Å²) in [5.41, 5.74) is 2.11. The van der Waals surface area contributed by atoms with Crippen molar-refractivity contribution in [2.45, 2.75) is 52.1 Å². The van der Waals surface area contributed by atoms with Crippen LogP contribution in [0.5, 0.6) is 5.75 Å². The Morgan fingerprint density at radius 3 is 2.93 bits per heavy atom. The Morgan fingerprint density at radius 2 is 2.21 bits per heavy atom. The highest BCUT2D eigenvalue weighted by molar-refractivity contribution is 5.80. The predicted octanol–water partition coefficient (Wildman–Crippen LogP) is 3.53. The van der Waals surface area contributed by atoms with Gasteiger partial charge in [-0.25, -0.2) is 4.99 Å². The highest BCUT2D eigenvalue weighted by Gasteiger charge is 2.23. The lowest BCUT2D eigenvalue weighted by atomic mass is 10.0. The first-order valence-corrected chi connectivity index (χ1v) is 10.5. The number of aromatic nitrogens is 1. The zero-order chi connectivity index (χ0) is 20.6. The zero-order valence-corrected chi connectivity index (χ0v) is 17.9. The lowest BCUT2D eigenvalue weighted by Crippen LogP contribution is -2.51. The summed E-state index contributed by atoms with van der Waals surface area (Å²) < 4.78 is 11.0. The summed E-state index contributed by atoms with van der Waals surface area (Å²) in [5.74, 6) is 2.86. The molecule has 1 aliphatic rings. The van der Waals surface area contributed by atoms with Crippen molar-refractivity contribution >= 4 is 11.6 Å². The second-order valence-electron chi connectivity index (χ2n) is 7.67. The second-order valence-corrected chi connectivity index (χ2v) is 7.67. The monoisotopic (exact) mass is 399 g/mol. The van der Waals surface area contributed by atoms with Gasteiger partial charge in [0.1, 0.15) is 12.3 Å². The average Bonchev–Trinajstić information content (AvgIpc) is 3.22. The molecule has 1 fully saturated rings.